The topological polar surface area (TPSA) is 80.3 Å². The van der Waals surface area contributed by atoms with Crippen molar-refractivity contribution >= 4 is 11.9 Å². The number of aliphatic carboxylic acids is 2. The van der Waals surface area contributed by atoms with Crippen molar-refractivity contribution in [2.24, 2.45) is 23.2 Å². The smallest absolute Gasteiger partial charge is 0.0482 e. The van der Waals surface area contributed by atoms with Gasteiger partial charge in [0.15, 0.2) is 0 Å². The van der Waals surface area contributed by atoms with Crippen LogP contribution >= 0.6 is 0 Å². The molecule has 2 aliphatic rings. The first-order valence-electron chi connectivity index (χ1n) is 4.90. The second-order valence-electron chi connectivity index (χ2n) is 4.64. The minimum Gasteiger partial charge on any atom is -0.550 e. The van der Waals surface area contributed by atoms with Gasteiger partial charge in [-0.05, 0) is 31.1 Å². The Kier molecular flexibility index (Phi) is 1.84. The summed E-state index contributed by atoms with van der Waals surface area (Å²) in [6.45, 7) is 1.49. The van der Waals surface area contributed by atoms with E-state index < -0.39 is 23.3 Å². The largest absolute Gasteiger partial charge is 0.550 e. The molecule has 0 aromatic carbocycles. The van der Waals surface area contributed by atoms with Crippen LogP contribution < -0.4 is 10.2 Å². The second kappa shape index (κ2) is 2.72. The number of carboxylic acids is 2. The van der Waals surface area contributed by atoms with Gasteiger partial charge in [0.2, 0.25) is 0 Å². The lowest BCUT2D eigenvalue weighted by atomic mass is 9.67. The Morgan fingerprint density at radius 1 is 1.29 bits per heavy atom. The van der Waals surface area contributed by atoms with Crippen molar-refractivity contribution in [1.82, 2.24) is 0 Å². The Labute approximate surface area is 81.9 Å². The molecule has 4 atom stereocenters. The first-order chi connectivity index (χ1) is 6.48. The second-order valence-corrected chi connectivity index (χ2v) is 4.64. The van der Waals surface area contributed by atoms with E-state index in [0.717, 1.165) is 12.8 Å². The summed E-state index contributed by atoms with van der Waals surface area (Å²) in [6.07, 6.45) is 2.31. The summed E-state index contributed by atoms with van der Waals surface area (Å²) in [5, 5.41) is 21.9. The maximum absolute atomic E-state index is 11.0. The maximum Gasteiger partial charge on any atom is 0.0482 e. The normalized spacial score (nSPS) is 45.4. The van der Waals surface area contributed by atoms with E-state index in [1.54, 1.807) is 0 Å². The summed E-state index contributed by atoms with van der Waals surface area (Å²) in [5.41, 5.74) is -1.21. The van der Waals surface area contributed by atoms with Crippen molar-refractivity contribution in [3.05, 3.63) is 0 Å². The molecular weight excluding hydrogens is 184 g/mol. The first-order valence-corrected chi connectivity index (χ1v) is 4.90. The molecule has 4 heteroatoms. The lowest BCUT2D eigenvalue weighted by Gasteiger charge is -2.42. The van der Waals surface area contributed by atoms with E-state index in [-0.39, 0.29) is 11.8 Å². The lowest BCUT2D eigenvalue weighted by molar-refractivity contribution is -0.337. The fraction of sp³-hybridized carbons (Fsp3) is 0.800. The van der Waals surface area contributed by atoms with Gasteiger partial charge in [0.25, 0.3) is 0 Å². The van der Waals surface area contributed by atoms with E-state index in [1.165, 1.54) is 6.92 Å². The quantitative estimate of drug-likeness (QED) is 0.540. The highest BCUT2D eigenvalue weighted by Gasteiger charge is 2.56. The third-order valence-electron chi connectivity index (χ3n) is 4.13. The highest BCUT2D eigenvalue weighted by Crippen LogP contribution is 2.59. The van der Waals surface area contributed by atoms with Crippen molar-refractivity contribution in [1.29, 1.82) is 0 Å². The lowest BCUT2D eigenvalue weighted by Crippen LogP contribution is -2.54. The van der Waals surface area contributed by atoms with E-state index in [9.17, 15) is 19.8 Å². The molecule has 2 fully saturated rings. The molecule has 0 radical (unpaired) electrons. The van der Waals surface area contributed by atoms with Gasteiger partial charge in [-0.25, -0.2) is 0 Å². The fourth-order valence-electron chi connectivity index (χ4n) is 3.34. The van der Waals surface area contributed by atoms with Crippen LogP contribution in [0.3, 0.4) is 0 Å². The van der Waals surface area contributed by atoms with Gasteiger partial charge >= 0.3 is 0 Å². The molecule has 2 saturated carbocycles. The van der Waals surface area contributed by atoms with Crippen LogP contribution in [-0.4, -0.2) is 11.9 Å². The Balaban J connectivity index is 2.39. The van der Waals surface area contributed by atoms with Crippen molar-refractivity contribution in [3.63, 3.8) is 0 Å². The summed E-state index contributed by atoms with van der Waals surface area (Å²) in [5.74, 6) is -3.39. The van der Waals surface area contributed by atoms with Crippen LogP contribution in [0.15, 0.2) is 0 Å². The number of fused-ring (bicyclic) bond motifs is 2. The monoisotopic (exact) mass is 196 g/mol. The Hall–Kier alpha value is -1.06. The van der Waals surface area contributed by atoms with Gasteiger partial charge in [0, 0.05) is 23.3 Å². The van der Waals surface area contributed by atoms with Crippen molar-refractivity contribution < 1.29 is 19.8 Å². The summed E-state index contributed by atoms with van der Waals surface area (Å²) in [4.78, 5) is 21.9. The number of rotatable bonds is 2. The minimum absolute atomic E-state index is 0.0205. The Morgan fingerprint density at radius 2 is 1.93 bits per heavy atom. The van der Waals surface area contributed by atoms with Crippen LogP contribution in [0.5, 0.6) is 0 Å². The fourth-order valence-corrected chi connectivity index (χ4v) is 3.34. The zero-order valence-electron chi connectivity index (χ0n) is 7.99. The molecule has 0 saturated heterocycles. The van der Waals surface area contributed by atoms with Crippen LogP contribution in [0.1, 0.15) is 26.2 Å². The molecule has 0 aromatic heterocycles. The highest BCUT2D eigenvalue weighted by molar-refractivity contribution is 5.82. The number of hydrogen-bond donors (Lipinski definition) is 0. The summed E-state index contributed by atoms with van der Waals surface area (Å²) >= 11 is 0. The molecular formula is C10H12O4-2. The number of carbonyl (C=O) groups is 2. The molecule has 2 aliphatic carbocycles. The summed E-state index contributed by atoms with van der Waals surface area (Å²) in [7, 11) is 0. The average Bonchev–Trinajstić information content (AvgIpc) is 2.61. The van der Waals surface area contributed by atoms with Crippen molar-refractivity contribution in [3.8, 4) is 0 Å². The van der Waals surface area contributed by atoms with E-state index in [2.05, 4.69) is 0 Å². The van der Waals surface area contributed by atoms with E-state index in [4.69, 9.17) is 0 Å². The zero-order valence-corrected chi connectivity index (χ0v) is 7.99. The third-order valence-corrected chi connectivity index (χ3v) is 4.13. The van der Waals surface area contributed by atoms with Gasteiger partial charge in [0.05, 0.1) is 0 Å². The number of hydrogen-bond acceptors (Lipinski definition) is 4. The molecule has 0 amide bonds. The molecule has 0 heterocycles. The van der Waals surface area contributed by atoms with Gasteiger partial charge in [-0.15, -0.1) is 0 Å². The predicted octanol–water partition coefficient (Wildman–Crippen LogP) is -1.46. The number of carboxylic acid groups (broad SMARTS) is 2. The Morgan fingerprint density at radius 3 is 2.36 bits per heavy atom. The van der Waals surface area contributed by atoms with Gasteiger partial charge < -0.3 is 19.8 Å². The molecule has 14 heavy (non-hydrogen) atoms. The van der Waals surface area contributed by atoms with Crippen molar-refractivity contribution in [2.45, 2.75) is 26.2 Å². The van der Waals surface area contributed by atoms with Gasteiger partial charge in [-0.1, -0.05) is 6.92 Å². The standard InChI is InChI=1S/C10H14O4/c1-10(9(13)14)6-3-2-5(4-6)7(10)8(11)12/h5-7H,2-4H2,1H3,(H,11,12)(H,13,14)/p-2/t5-,6+,7+,10+/m1/s1. The molecule has 0 unspecified atom stereocenters. The van der Waals surface area contributed by atoms with Crippen LogP contribution in [0.2, 0.25) is 0 Å². The molecule has 0 aromatic rings. The predicted molar refractivity (Wildman–Crippen MR) is 42.4 cm³/mol. The van der Waals surface area contributed by atoms with Gasteiger partial charge in [0.1, 0.15) is 0 Å². The van der Waals surface area contributed by atoms with E-state index in [1.807, 2.05) is 0 Å². The molecule has 2 rings (SSSR count). The molecule has 2 bridgehead atoms. The molecule has 0 N–H and O–H groups in total. The molecule has 4 nitrogen and oxygen atoms in total. The van der Waals surface area contributed by atoms with Gasteiger partial charge in [-0.2, -0.15) is 0 Å². The van der Waals surface area contributed by atoms with Crippen LogP contribution in [0.25, 0.3) is 0 Å². The average molecular weight is 196 g/mol. The molecule has 78 valence electrons. The Bertz CT molecular complexity index is 298. The summed E-state index contributed by atoms with van der Waals surface area (Å²) < 4.78 is 0. The highest BCUT2D eigenvalue weighted by atomic mass is 16.4. The van der Waals surface area contributed by atoms with Crippen LogP contribution in [0.4, 0.5) is 0 Å². The zero-order chi connectivity index (χ0) is 10.5. The molecule has 0 spiro atoms. The van der Waals surface area contributed by atoms with Crippen LogP contribution in [-0.2, 0) is 9.59 Å². The maximum atomic E-state index is 11.0. The summed E-state index contributed by atoms with van der Waals surface area (Å²) in [6, 6.07) is 0. The number of carbonyl (C=O) groups excluding carboxylic acids is 2. The first kappa shape index (κ1) is 9.49. The van der Waals surface area contributed by atoms with Crippen LogP contribution in [0, 0.1) is 23.2 Å². The van der Waals surface area contributed by atoms with E-state index >= 15 is 0 Å². The van der Waals surface area contributed by atoms with E-state index in [0.29, 0.717) is 6.42 Å². The third kappa shape index (κ3) is 0.938. The SMILES string of the molecule is C[C@]1(C(=O)[O-])[C@H]2CC[C@H](C2)[C@H]1C(=O)[O-]. The molecule has 0 aliphatic heterocycles. The van der Waals surface area contributed by atoms with Gasteiger partial charge in [-0.3, -0.25) is 0 Å². The minimum atomic E-state index is -1.24. The van der Waals surface area contributed by atoms with Crippen molar-refractivity contribution in [2.75, 3.05) is 0 Å².